The number of hydrogen-bond donors (Lipinski definition) is 2. The summed E-state index contributed by atoms with van der Waals surface area (Å²) in [4.78, 5) is 12.1. The van der Waals surface area contributed by atoms with Crippen LogP contribution in [0.2, 0.25) is 0 Å². The zero-order chi connectivity index (χ0) is 15.9. The van der Waals surface area contributed by atoms with E-state index in [1.54, 1.807) is 18.2 Å². The second-order valence-corrected chi connectivity index (χ2v) is 7.07. The Hall–Kier alpha value is -1.56. The largest absolute Gasteiger partial charge is 0.350 e. The molecular weight excluding hydrogens is 288 g/mol. The first-order valence-corrected chi connectivity index (χ1v) is 9.09. The summed E-state index contributed by atoms with van der Waals surface area (Å²) in [7, 11) is -3.34. The summed E-state index contributed by atoms with van der Waals surface area (Å²) in [6.45, 7) is 4.12. The van der Waals surface area contributed by atoms with E-state index >= 15 is 0 Å². The third-order valence-electron chi connectivity index (χ3n) is 3.05. The summed E-state index contributed by atoms with van der Waals surface area (Å²) >= 11 is 0. The van der Waals surface area contributed by atoms with Gasteiger partial charge in [0.05, 0.1) is 6.26 Å². The highest BCUT2D eigenvalue weighted by Gasteiger charge is 2.11. The molecular formula is C15H24N2O3S. The standard InChI is InChI=1S/C15H24N2O3S/c1-4-5-6-8-12(2)16-15(18)13-9-7-10-14(11-13)17-21(3,19)20/h7,9-12,17H,4-6,8H2,1-3H3,(H,16,18). The van der Waals surface area contributed by atoms with E-state index in [2.05, 4.69) is 17.0 Å². The Bertz CT molecular complexity index is 570. The first-order valence-electron chi connectivity index (χ1n) is 7.20. The van der Waals surface area contributed by atoms with Gasteiger partial charge in [-0.3, -0.25) is 9.52 Å². The van der Waals surface area contributed by atoms with E-state index in [4.69, 9.17) is 0 Å². The zero-order valence-electron chi connectivity index (χ0n) is 12.8. The number of carbonyl (C=O) groups is 1. The van der Waals surface area contributed by atoms with Crippen molar-refractivity contribution in [1.82, 2.24) is 5.32 Å². The van der Waals surface area contributed by atoms with Gasteiger partial charge < -0.3 is 5.32 Å². The molecule has 0 heterocycles. The van der Waals surface area contributed by atoms with Crippen LogP contribution in [-0.4, -0.2) is 26.6 Å². The van der Waals surface area contributed by atoms with Crippen molar-refractivity contribution < 1.29 is 13.2 Å². The van der Waals surface area contributed by atoms with Gasteiger partial charge in [-0.25, -0.2) is 8.42 Å². The molecule has 2 N–H and O–H groups in total. The number of rotatable bonds is 8. The third kappa shape index (κ3) is 7.13. The van der Waals surface area contributed by atoms with Crippen molar-refractivity contribution in [2.75, 3.05) is 11.0 Å². The zero-order valence-corrected chi connectivity index (χ0v) is 13.7. The van der Waals surface area contributed by atoms with Crippen LogP contribution in [0.4, 0.5) is 5.69 Å². The number of anilines is 1. The molecule has 1 unspecified atom stereocenters. The summed E-state index contributed by atoms with van der Waals surface area (Å²) in [5.41, 5.74) is 0.842. The Morgan fingerprint density at radius 3 is 2.62 bits per heavy atom. The quantitative estimate of drug-likeness (QED) is 0.725. The number of unbranched alkanes of at least 4 members (excludes halogenated alkanes) is 2. The van der Waals surface area contributed by atoms with Crippen LogP contribution in [0, 0.1) is 0 Å². The van der Waals surface area contributed by atoms with Crippen molar-refractivity contribution in [3.8, 4) is 0 Å². The van der Waals surface area contributed by atoms with Crippen molar-refractivity contribution in [1.29, 1.82) is 0 Å². The van der Waals surface area contributed by atoms with Crippen LogP contribution in [0.3, 0.4) is 0 Å². The fourth-order valence-corrected chi connectivity index (χ4v) is 2.57. The van der Waals surface area contributed by atoms with Gasteiger partial charge >= 0.3 is 0 Å². The lowest BCUT2D eigenvalue weighted by Gasteiger charge is -2.14. The number of amides is 1. The van der Waals surface area contributed by atoms with Crippen LogP contribution >= 0.6 is 0 Å². The highest BCUT2D eigenvalue weighted by Crippen LogP contribution is 2.12. The van der Waals surface area contributed by atoms with Gasteiger partial charge in [0.25, 0.3) is 5.91 Å². The van der Waals surface area contributed by atoms with E-state index in [9.17, 15) is 13.2 Å². The smallest absolute Gasteiger partial charge is 0.251 e. The lowest BCUT2D eigenvalue weighted by Crippen LogP contribution is -2.32. The summed E-state index contributed by atoms with van der Waals surface area (Å²) in [5.74, 6) is -0.184. The maximum atomic E-state index is 12.1. The first-order chi connectivity index (χ1) is 9.81. The van der Waals surface area contributed by atoms with Crippen LogP contribution in [-0.2, 0) is 10.0 Å². The minimum Gasteiger partial charge on any atom is -0.350 e. The molecule has 1 aromatic rings. The molecule has 0 aliphatic carbocycles. The van der Waals surface area contributed by atoms with Gasteiger partial charge in [-0.15, -0.1) is 0 Å². The van der Waals surface area contributed by atoms with Crippen molar-refractivity contribution in [2.45, 2.75) is 45.6 Å². The Morgan fingerprint density at radius 2 is 2.00 bits per heavy atom. The summed E-state index contributed by atoms with van der Waals surface area (Å²) in [6.07, 6.45) is 5.43. The van der Waals surface area contributed by atoms with Crippen LogP contribution < -0.4 is 10.0 Å². The van der Waals surface area contributed by atoms with Crippen molar-refractivity contribution in [3.63, 3.8) is 0 Å². The molecule has 0 aliphatic rings. The lowest BCUT2D eigenvalue weighted by atomic mass is 10.1. The second-order valence-electron chi connectivity index (χ2n) is 5.33. The molecule has 0 aliphatic heterocycles. The minimum absolute atomic E-state index is 0.107. The molecule has 1 atom stereocenters. The Morgan fingerprint density at radius 1 is 1.29 bits per heavy atom. The summed E-state index contributed by atoms with van der Waals surface area (Å²) in [6, 6.07) is 6.58. The average Bonchev–Trinajstić information content (AvgIpc) is 2.37. The molecule has 0 bridgehead atoms. The van der Waals surface area contributed by atoms with Gasteiger partial charge in [0.15, 0.2) is 0 Å². The number of sulfonamides is 1. The molecule has 6 heteroatoms. The molecule has 1 rings (SSSR count). The third-order valence-corrected chi connectivity index (χ3v) is 3.65. The fourth-order valence-electron chi connectivity index (χ4n) is 2.02. The molecule has 5 nitrogen and oxygen atoms in total. The van der Waals surface area contributed by atoms with Crippen LogP contribution in [0.1, 0.15) is 49.9 Å². The second kappa shape index (κ2) is 8.02. The van der Waals surface area contributed by atoms with Gasteiger partial charge in [0.1, 0.15) is 0 Å². The number of nitrogens with one attached hydrogen (secondary N) is 2. The topological polar surface area (TPSA) is 75.3 Å². The molecule has 0 fully saturated rings. The van der Waals surface area contributed by atoms with Crippen molar-refractivity contribution in [3.05, 3.63) is 29.8 Å². The molecule has 0 radical (unpaired) electrons. The lowest BCUT2D eigenvalue weighted by molar-refractivity contribution is 0.0938. The van der Waals surface area contributed by atoms with E-state index in [0.29, 0.717) is 11.3 Å². The van der Waals surface area contributed by atoms with E-state index in [-0.39, 0.29) is 11.9 Å². The Balaban J connectivity index is 2.64. The number of benzene rings is 1. The van der Waals surface area contributed by atoms with Gasteiger partial charge in [-0.05, 0) is 31.5 Å². The van der Waals surface area contributed by atoms with Crippen LogP contribution in [0.5, 0.6) is 0 Å². The summed E-state index contributed by atoms with van der Waals surface area (Å²) in [5, 5.41) is 2.93. The molecule has 118 valence electrons. The number of hydrogen-bond acceptors (Lipinski definition) is 3. The fraction of sp³-hybridized carbons (Fsp3) is 0.533. The molecule has 0 aromatic heterocycles. The van der Waals surface area contributed by atoms with Crippen molar-refractivity contribution in [2.24, 2.45) is 0 Å². The minimum atomic E-state index is -3.34. The number of carbonyl (C=O) groups excluding carboxylic acids is 1. The van der Waals surface area contributed by atoms with E-state index in [1.807, 2.05) is 6.92 Å². The molecule has 0 saturated carbocycles. The molecule has 0 spiro atoms. The molecule has 1 amide bonds. The highest BCUT2D eigenvalue weighted by molar-refractivity contribution is 7.92. The van der Waals surface area contributed by atoms with Crippen LogP contribution in [0.25, 0.3) is 0 Å². The Labute approximate surface area is 127 Å². The van der Waals surface area contributed by atoms with Gasteiger partial charge in [0.2, 0.25) is 10.0 Å². The maximum absolute atomic E-state index is 12.1. The van der Waals surface area contributed by atoms with Crippen molar-refractivity contribution >= 4 is 21.6 Å². The molecule has 0 saturated heterocycles. The normalized spacial score (nSPS) is 12.7. The van der Waals surface area contributed by atoms with E-state index < -0.39 is 10.0 Å². The average molecular weight is 312 g/mol. The van der Waals surface area contributed by atoms with E-state index in [0.717, 1.165) is 31.9 Å². The molecule has 21 heavy (non-hydrogen) atoms. The molecule has 1 aromatic carbocycles. The van der Waals surface area contributed by atoms with Gasteiger partial charge in [-0.2, -0.15) is 0 Å². The van der Waals surface area contributed by atoms with Crippen LogP contribution in [0.15, 0.2) is 24.3 Å². The monoisotopic (exact) mass is 312 g/mol. The SMILES string of the molecule is CCCCCC(C)NC(=O)c1cccc(NS(C)(=O)=O)c1. The highest BCUT2D eigenvalue weighted by atomic mass is 32.2. The predicted octanol–water partition coefficient (Wildman–Crippen LogP) is 2.76. The van der Waals surface area contributed by atoms with Gasteiger partial charge in [0, 0.05) is 17.3 Å². The first kappa shape index (κ1) is 17.5. The maximum Gasteiger partial charge on any atom is 0.251 e. The summed E-state index contributed by atoms with van der Waals surface area (Å²) < 4.78 is 24.8. The predicted molar refractivity (Wildman–Crippen MR) is 86.0 cm³/mol. The van der Waals surface area contributed by atoms with Gasteiger partial charge in [-0.1, -0.05) is 32.3 Å². The van der Waals surface area contributed by atoms with E-state index in [1.165, 1.54) is 6.07 Å². The Kier molecular flexibility index (Phi) is 6.68.